The third-order valence-corrected chi connectivity index (χ3v) is 3.62. The second-order valence-corrected chi connectivity index (χ2v) is 5.60. The monoisotopic (exact) mass is 335 g/mol. The first-order valence-electron chi connectivity index (χ1n) is 7.25. The maximum atomic E-state index is 13.1. The quantitative estimate of drug-likeness (QED) is 0.927. The molecule has 1 aliphatic heterocycles. The number of anilines is 1. The van der Waals surface area contributed by atoms with Gasteiger partial charge < -0.3 is 14.8 Å². The van der Waals surface area contributed by atoms with E-state index < -0.39 is 5.82 Å². The lowest BCUT2D eigenvalue weighted by atomic mass is 10.1. The Morgan fingerprint density at radius 2 is 2.04 bits per heavy atom. The van der Waals surface area contributed by atoms with E-state index in [1.54, 1.807) is 18.2 Å². The lowest BCUT2D eigenvalue weighted by Gasteiger charge is -2.11. The van der Waals surface area contributed by atoms with Crippen molar-refractivity contribution in [2.75, 3.05) is 18.5 Å². The normalized spacial score (nSPS) is 13.3. The van der Waals surface area contributed by atoms with Crippen molar-refractivity contribution in [3.05, 3.63) is 52.8 Å². The summed E-state index contributed by atoms with van der Waals surface area (Å²) >= 11 is 6.20. The Bertz CT molecular complexity index is 736. The molecule has 23 heavy (non-hydrogen) atoms. The molecule has 0 radical (unpaired) electrons. The summed E-state index contributed by atoms with van der Waals surface area (Å²) in [5.74, 6) is 0.393. The highest BCUT2D eigenvalue weighted by Gasteiger charge is 2.16. The number of hydrogen-bond donors (Lipinski definition) is 1. The first-order valence-corrected chi connectivity index (χ1v) is 7.63. The number of rotatable bonds is 3. The zero-order chi connectivity index (χ0) is 16.2. The fraction of sp³-hybridized carbons (Fsp3) is 0.235. The van der Waals surface area contributed by atoms with Crippen molar-refractivity contribution in [1.29, 1.82) is 0 Å². The molecule has 0 saturated heterocycles. The average Bonchev–Trinajstić information content (AvgIpc) is 2.72. The Labute approximate surface area is 138 Å². The predicted octanol–water partition coefficient (Wildman–Crippen LogP) is 3.82. The highest BCUT2D eigenvalue weighted by molar-refractivity contribution is 6.32. The molecule has 0 fully saturated rings. The maximum absolute atomic E-state index is 13.1. The van der Waals surface area contributed by atoms with Gasteiger partial charge in [-0.3, -0.25) is 4.79 Å². The van der Waals surface area contributed by atoms with Gasteiger partial charge in [0.05, 0.1) is 24.7 Å². The summed E-state index contributed by atoms with van der Waals surface area (Å²) in [5, 5.41) is 3.06. The fourth-order valence-electron chi connectivity index (χ4n) is 2.34. The molecule has 0 unspecified atom stereocenters. The van der Waals surface area contributed by atoms with Gasteiger partial charge in [0.25, 0.3) is 0 Å². The second-order valence-electron chi connectivity index (χ2n) is 5.19. The SMILES string of the molecule is O=C(Cc1cc(Cl)c2c(c1)OCCCO2)Nc1cccc(F)c1. The predicted molar refractivity (Wildman–Crippen MR) is 85.8 cm³/mol. The van der Waals surface area contributed by atoms with E-state index in [0.29, 0.717) is 41.0 Å². The van der Waals surface area contributed by atoms with Crippen molar-refractivity contribution in [3.63, 3.8) is 0 Å². The fourth-order valence-corrected chi connectivity index (χ4v) is 2.63. The summed E-state index contributed by atoms with van der Waals surface area (Å²) in [4.78, 5) is 12.1. The number of hydrogen-bond acceptors (Lipinski definition) is 3. The van der Waals surface area contributed by atoms with Crippen molar-refractivity contribution in [3.8, 4) is 11.5 Å². The van der Waals surface area contributed by atoms with Crippen LogP contribution in [0, 0.1) is 5.82 Å². The molecule has 4 nitrogen and oxygen atoms in total. The number of halogens is 2. The first-order chi connectivity index (χ1) is 11.1. The molecule has 1 aliphatic rings. The standard InChI is InChI=1S/C17H15ClFNO3/c18-14-7-11(8-15-17(14)23-6-2-5-22-15)9-16(21)20-13-4-1-3-12(19)10-13/h1,3-4,7-8,10H,2,5-6,9H2,(H,20,21). The molecular formula is C17H15ClFNO3. The number of carbonyl (C=O) groups excluding carboxylic acids is 1. The van der Waals surface area contributed by atoms with E-state index in [0.717, 1.165) is 6.42 Å². The van der Waals surface area contributed by atoms with Gasteiger partial charge in [-0.05, 0) is 35.9 Å². The van der Waals surface area contributed by atoms with Gasteiger partial charge in [-0.2, -0.15) is 0 Å². The summed E-state index contributed by atoms with van der Waals surface area (Å²) in [6.45, 7) is 1.09. The molecule has 2 aromatic carbocycles. The molecule has 0 saturated carbocycles. The summed E-state index contributed by atoms with van der Waals surface area (Å²) in [5.41, 5.74) is 1.11. The third-order valence-electron chi connectivity index (χ3n) is 3.34. The van der Waals surface area contributed by atoms with Crippen molar-refractivity contribution in [1.82, 2.24) is 0 Å². The van der Waals surface area contributed by atoms with Crippen LogP contribution in [0.5, 0.6) is 11.5 Å². The van der Waals surface area contributed by atoms with Crippen LogP contribution in [0.1, 0.15) is 12.0 Å². The Balaban J connectivity index is 1.73. The highest BCUT2D eigenvalue weighted by atomic mass is 35.5. The third kappa shape index (κ3) is 3.93. The van der Waals surface area contributed by atoms with E-state index in [1.165, 1.54) is 18.2 Å². The number of benzene rings is 2. The van der Waals surface area contributed by atoms with E-state index >= 15 is 0 Å². The summed E-state index contributed by atoms with van der Waals surface area (Å²) in [7, 11) is 0. The van der Waals surface area contributed by atoms with Crippen molar-refractivity contribution < 1.29 is 18.7 Å². The smallest absolute Gasteiger partial charge is 0.228 e. The molecule has 120 valence electrons. The van der Waals surface area contributed by atoms with Crippen molar-refractivity contribution >= 4 is 23.2 Å². The van der Waals surface area contributed by atoms with Crippen LogP contribution in [0.3, 0.4) is 0 Å². The van der Waals surface area contributed by atoms with Crippen LogP contribution in [0.15, 0.2) is 36.4 Å². The van der Waals surface area contributed by atoms with Crippen LogP contribution >= 0.6 is 11.6 Å². The lowest BCUT2D eigenvalue weighted by molar-refractivity contribution is -0.115. The zero-order valence-corrected chi connectivity index (χ0v) is 13.0. The molecule has 0 bridgehead atoms. The number of nitrogens with one attached hydrogen (secondary N) is 1. The average molecular weight is 336 g/mol. The summed E-state index contributed by atoms with van der Waals surface area (Å²) < 4.78 is 24.3. The molecule has 1 amide bonds. The maximum Gasteiger partial charge on any atom is 0.228 e. The van der Waals surface area contributed by atoms with Crippen molar-refractivity contribution in [2.45, 2.75) is 12.8 Å². The van der Waals surface area contributed by atoms with Gasteiger partial charge in [-0.15, -0.1) is 0 Å². The molecule has 3 rings (SSSR count). The van der Waals surface area contributed by atoms with E-state index in [9.17, 15) is 9.18 Å². The Morgan fingerprint density at radius 3 is 2.87 bits per heavy atom. The van der Waals surface area contributed by atoms with Gasteiger partial charge in [0.2, 0.25) is 5.91 Å². The number of carbonyl (C=O) groups is 1. The van der Waals surface area contributed by atoms with E-state index in [4.69, 9.17) is 21.1 Å². The minimum absolute atomic E-state index is 0.104. The Morgan fingerprint density at radius 1 is 1.22 bits per heavy atom. The van der Waals surface area contributed by atoms with Gasteiger partial charge in [0.1, 0.15) is 5.82 Å². The second kappa shape index (κ2) is 6.87. The molecule has 2 aromatic rings. The number of amides is 1. The van der Waals surface area contributed by atoms with Crippen LogP contribution in [0.25, 0.3) is 0 Å². The minimum Gasteiger partial charge on any atom is -0.489 e. The van der Waals surface area contributed by atoms with Crippen LogP contribution < -0.4 is 14.8 Å². The topological polar surface area (TPSA) is 47.6 Å². The number of ether oxygens (including phenoxy) is 2. The van der Waals surface area contributed by atoms with E-state index in [2.05, 4.69) is 5.32 Å². The van der Waals surface area contributed by atoms with Gasteiger partial charge in [0, 0.05) is 12.1 Å². The van der Waals surface area contributed by atoms with Gasteiger partial charge in [0.15, 0.2) is 11.5 Å². The largest absolute Gasteiger partial charge is 0.489 e. The van der Waals surface area contributed by atoms with Crippen molar-refractivity contribution in [2.24, 2.45) is 0 Å². The highest BCUT2D eigenvalue weighted by Crippen LogP contribution is 2.38. The van der Waals surface area contributed by atoms with Crippen LogP contribution in [-0.4, -0.2) is 19.1 Å². The molecule has 1 heterocycles. The molecule has 0 aromatic heterocycles. The first kappa shape index (κ1) is 15.6. The zero-order valence-electron chi connectivity index (χ0n) is 12.3. The Hall–Kier alpha value is -2.27. The lowest BCUT2D eigenvalue weighted by Crippen LogP contribution is -2.14. The molecule has 0 atom stereocenters. The van der Waals surface area contributed by atoms with Gasteiger partial charge in [-0.25, -0.2) is 4.39 Å². The molecular weight excluding hydrogens is 321 g/mol. The molecule has 1 N–H and O–H groups in total. The summed E-state index contributed by atoms with van der Waals surface area (Å²) in [6.07, 6.45) is 0.882. The van der Waals surface area contributed by atoms with Gasteiger partial charge in [-0.1, -0.05) is 17.7 Å². The van der Waals surface area contributed by atoms with E-state index in [-0.39, 0.29) is 12.3 Å². The molecule has 0 spiro atoms. The van der Waals surface area contributed by atoms with Crippen LogP contribution in [0.4, 0.5) is 10.1 Å². The molecule has 6 heteroatoms. The number of fused-ring (bicyclic) bond motifs is 1. The summed E-state index contributed by atoms with van der Waals surface area (Å²) in [6, 6.07) is 9.17. The minimum atomic E-state index is -0.401. The van der Waals surface area contributed by atoms with Crippen LogP contribution in [-0.2, 0) is 11.2 Å². The van der Waals surface area contributed by atoms with E-state index in [1.807, 2.05) is 0 Å². The molecule has 0 aliphatic carbocycles. The van der Waals surface area contributed by atoms with Gasteiger partial charge >= 0.3 is 0 Å². The Kier molecular flexibility index (Phi) is 4.67. The van der Waals surface area contributed by atoms with Crippen LogP contribution in [0.2, 0.25) is 5.02 Å².